The lowest BCUT2D eigenvalue weighted by Crippen LogP contribution is -2.39. The molecule has 7 nitrogen and oxygen atoms in total. The zero-order valence-electron chi connectivity index (χ0n) is 13.9. The summed E-state index contributed by atoms with van der Waals surface area (Å²) in [6.07, 6.45) is -2.35. The van der Waals surface area contributed by atoms with Crippen LogP contribution in [-0.4, -0.2) is 39.1 Å². The number of aromatic hydroxyl groups is 1. The molecular formula is C16H23NO6. The molecule has 7 heteroatoms. The Labute approximate surface area is 134 Å². The number of ether oxygens (including phenoxy) is 1. The number of nitrogens with one attached hydrogen (secondary N) is 1. The highest BCUT2D eigenvalue weighted by Crippen LogP contribution is 2.33. The largest absolute Gasteiger partial charge is 0.506 e. The van der Waals surface area contributed by atoms with Crippen molar-refractivity contribution in [3.8, 4) is 5.75 Å². The molecule has 0 bridgehead atoms. The van der Waals surface area contributed by atoms with Gasteiger partial charge in [-0.2, -0.15) is 0 Å². The van der Waals surface area contributed by atoms with Crippen molar-refractivity contribution >= 4 is 17.7 Å². The van der Waals surface area contributed by atoms with Crippen molar-refractivity contribution in [2.45, 2.75) is 51.7 Å². The van der Waals surface area contributed by atoms with Gasteiger partial charge in [-0.05, 0) is 38.5 Å². The zero-order chi connectivity index (χ0) is 18.0. The van der Waals surface area contributed by atoms with E-state index in [1.807, 2.05) is 0 Å². The maximum absolute atomic E-state index is 11.7. The number of hydrogen-bond acceptors (Lipinski definition) is 5. The Morgan fingerprint density at radius 2 is 1.74 bits per heavy atom. The highest BCUT2D eigenvalue weighted by molar-refractivity contribution is 5.87. The molecule has 0 radical (unpaired) electrons. The number of hydrogen-bond donors (Lipinski definition) is 4. The quantitative estimate of drug-likeness (QED) is 0.632. The van der Waals surface area contributed by atoms with Crippen molar-refractivity contribution in [3.05, 3.63) is 23.8 Å². The van der Waals surface area contributed by atoms with E-state index < -0.39 is 29.2 Å². The lowest BCUT2D eigenvalue weighted by molar-refractivity contribution is -0.150. The molecule has 1 rings (SSSR count). The van der Waals surface area contributed by atoms with E-state index in [1.54, 1.807) is 34.6 Å². The summed E-state index contributed by atoms with van der Waals surface area (Å²) in [6.45, 7) is 8.23. The average molecular weight is 325 g/mol. The van der Waals surface area contributed by atoms with E-state index in [0.29, 0.717) is 5.56 Å². The maximum atomic E-state index is 11.7. The summed E-state index contributed by atoms with van der Waals surface area (Å²) in [6, 6.07) is 4.25. The third-order valence-electron chi connectivity index (χ3n) is 3.29. The standard InChI is InChI=1S/C16H23NO6/c1-15(2,3)23-14(22)17-10-7-6-9(8-11(10)18)16(4,5)12(19)13(20)21/h6-8,12,18-19H,1-5H3,(H,17,22)(H,20,21). The summed E-state index contributed by atoms with van der Waals surface area (Å²) < 4.78 is 5.08. The second kappa shape index (κ2) is 6.45. The normalized spacial score (nSPS) is 13.3. The van der Waals surface area contributed by atoms with Gasteiger partial charge in [0.2, 0.25) is 0 Å². The lowest BCUT2D eigenvalue weighted by atomic mass is 9.79. The number of anilines is 1. The number of amides is 1. The van der Waals surface area contributed by atoms with Crippen LogP contribution in [0, 0.1) is 0 Å². The average Bonchev–Trinajstić information content (AvgIpc) is 2.37. The van der Waals surface area contributed by atoms with Gasteiger partial charge in [-0.1, -0.05) is 19.9 Å². The molecule has 0 spiro atoms. The molecule has 23 heavy (non-hydrogen) atoms. The van der Waals surface area contributed by atoms with Gasteiger partial charge in [0.25, 0.3) is 0 Å². The molecule has 0 saturated heterocycles. The van der Waals surface area contributed by atoms with Crippen molar-refractivity contribution in [2.24, 2.45) is 0 Å². The van der Waals surface area contributed by atoms with Crippen molar-refractivity contribution in [1.82, 2.24) is 0 Å². The van der Waals surface area contributed by atoms with Crippen LogP contribution in [0.3, 0.4) is 0 Å². The molecule has 0 aromatic heterocycles. The first-order valence-electron chi connectivity index (χ1n) is 7.09. The summed E-state index contributed by atoms with van der Waals surface area (Å²) in [5.74, 6) is -1.61. The number of aliphatic carboxylic acids is 1. The molecule has 0 aliphatic heterocycles. The maximum Gasteiger partial charge on any atom is 0.412 e. The molecule has 0 heterocycles. The Hall–Kier alpha value is -2.28. The predicted octanol–water partition coefficient (Wildman–Crippen LogP) is 2.46. The summed E-state index contributed by atoms with van der Waals surface area (Å²) in [5, 5.41) is 31.1. The van der Waals surface area contributed by atoms with Crippen LogP contribution >= 0.6 is 0 Å². The van der Waals surface area contributed by atoms with Crippen molar-refractivity contribution in [3.63, 3.8) is 0 Å². The fraction of sp³-hybridized carbons (Fsp3) is 0.500. The number of carboxylic acids is 1. The van der Waals surface area contributed by atoms with E-state index in [2.05, 4.69) is 5.32 Å². The van der Waals surface area contributed by atoms with E-state index in [1.165, 1.54) is 18.2 Å². The number of rotatable bonds is 4. The van der Waals surface area contributed by atoms with Gasteiger partial charge < -0.3 is 20.1 Å². The molecule has 1 unspecified atom stereocenters. The topological polar surface area (TPSA) is 116 Å². The number of carbonyl (C=O) groups is 2. The highest BCUT2D eigenvalue weighted by Gasteiger charge is 2.35. The first kappa shape index (κ1) is 18.8. The number of benzene rings is 1. The molecule has 1 aromatic carbocycles. The van der Waals surface area contributed by atoms with Crippen molar-refractivity contribution in [2.75, 3.05) is 5.32 Å². The zero-order valence-corrected chi connectivity index (χ0v) is 13.9. The Bertz CT molecular complexity index is 603. The van der Waals surface area contributed by atoms with Gasteiger partial charge in [-0.3, -0.25) is 5.32 Å². The second-order valence-corrected chi connectivity index (χ2v) is 6.82. The minimum atomic E-state index is -1.63. The molecule has 0 fully saturated rings. The first-order valence-corrected chi connectivity index (χ1v) is 7.09. The van der Waals surface area contributed by atoms with Crippen LogP contribution in [0.25, 0.3) is 0 Å². The van der Waals surface area contributed by atoms with E-state index in [0.717, 1.165) is 0 Å². The van der Waals surface area contributed by atoms with Crippen molar-refractivity contribution in [1.29, 1.82) is 0 Å². The Morgan fingerprint density at radius 3 is 2.17 bits per heavy atom. The van der Waals surface area contributed by atoms with Crippen molar-refractivity contribution < 1.29 is 29.6 Å². The molecular weight excluding hydrogens is 302 g/mol. The molecule has 128 valence electrons. The Morgan fingerprint density at radius 1 is 1.17 bits per heavy atom. The molecule has 1 atom stereocenters. The molecule has 0 aliphatic carbocycles. The number of carbonyl (C=O) groups excluding carboxylic acids is 1. The first-order chi connectivity index (χ1) is 10.3. The van der Waals surface area contributed by atoms with Crippen LogP contribution in [-0.2, 0) is 14.9 Å². The number of aliphatic hydroxyl groups is 1. The third kappa shape index (κ3) is 4.85. The van der Waals surface area contributed by atoms with Gasteiger partial charge in [-0.15, -0.1) is 0 Å². The molecule has 4 N–H and O–H groups in total. The highest BCUT2D eigenvalue weighted by atomic mass is 16.6. The van der Waals surface area contributed by atoms with Gasteiger partial charge in [-0.25, -0.2) is 9.59 Å². The summed E-state index contributed by atoms with van der Waals surface area (Å²) in [4.78, 5) is 22.7. The third-order valence-corrected chi connectivity index (χ3v) is 3.29. The van der Waals surface area contributed by atoms with Crippen LogP contribution in [0.5, 0.6) is 5.75 Å². The molecule has 1 aromatic rings. The fourth-order valence-electron chi connectivity index (χ4n) is 1.92. The van der Waals surface area contributed by atoms with Gasteiger partial charge in [0.1, 0.15) is 11.4 Å². The number of aliphatic hydroxyl groups excluding tert-OH is 1. The summed E-state index contributed by atoms with van der Waals surface area (Å²) in [7, 11) is 0. The number of phenolic OH excluding ortho intramolecular Hbond substituents is 1. The molecule has 0 aliphatic rings. The van der Waals surface area contributed by atoms with Crippen LogP contribution in [0.1, 0.15) is 40.2 Å². The van der Waals surface area contributed by atoms with Gasteiger partial charge >= 0.3 is 12.1 Å². The van der Waals surface area contributed by atoms with Gasteiger partial charge in [0, 0.05) is 5.41 Å². The van der Waals surface area contributed by atoms with E-state index in [-0.39, 0.29) is 11.4 Å². The predicted molar refractivity (Wildman–Crippen MR) is 84.6 cm³/mol. The van der Waals surface area contributed by atoms with Crippen LogP contribution in [0.4, 0.5) is 10.5 Å². The lowest BCUT2D eigenvalue weighted by Gasteiger charge is -2.28. The Kier molecular flexibility index (Phi) is 5.27. The molecule has 0 saturated carbocycles. The van der Waals surface area contributed by atoms with Crippen LogP contribution < -0.4 is 5.32 Å². The minimum Gasteiger partial charge on any atom is -0.506 e. The van der Waals surface area contributed by atoms with E-state index in [4.69, 9.17) is 9.84 Å². The summed E-state index contributed by atoms with van der Waals surface area (Å²) >= 11 is 0. The SMILES string of the molecule is CC(C)(C)OC(=O)Nc1ccc(C(C)(C)C(O)C(=O)O)cc1O. The smallest absolute Gasteiger partial charge is 0.412 e. The summed E-state index contributed by atoms with van der Waals surface area (Å²) in [5.41, 5.74) is -1.25. The van der Waals surface area contributed by atoms with E-state index >= 15 is 0 Å². The van der Waals surface area contributed by atoms with Crippen LogP contribution in [0.15, 0.2) is 18.2 Å². The molecule has 1 amide bonds. The fourth-order valence-corrected chi connectivity index (χ4v) is 1.92. The van der Waals surface area contributed by atoms with Gasteiger partial charge in [0.15, 0.2) is 6.10 Å². The number of carboxylic acid groups (broad SMARTS) is 1. The monoisotopic (exact) mass is 325 g/mol. The van der Waals surface area contributed by atoms with Gasteiger partial charge in [0.05, 0.1) is 5.69 Å². The second-order valence-electron chi connectivity index (χ2n) is 6.82. The minimum absolute atomic E-state index is 0.128. The van der Waals surface area contributed by atoms with Crippen LogP contribution in [0.2, 0.25) is 0 Å². The Balaban J connectivity index is 2.99. The van der Waals surface area contributed by atoms with E-state index in [9.17, 15) is 19.8 Å². The number of phenols is 1.